The van der Waals surface area contributed by atoms with Gasteiger partial charge in [-0.15, -0.1) is 0 Å². The van der Waals surface area contributed by atoms with E-state index in [4.69, 9.17) is 0 Å². The molecule has 3 N–H and O–H groups in total. The van der Waals surface area contributed by atoms with Crippen LogP contribution in [0.5, 0.6) is 0 Å². The number of benzene rings is 2. The third-order valence-corrected chi connectivity index (χ3v) is 3.49. The van der Waals surface area contributed by atoms with Crippen LogP contribution < -0.4 is 10.9 Å². The number of carbonyl (C=O) groups is 2. The zero-order valence-corrected chi connectivity index (χ0v) is 12.9. The molecule has 0 aliphatic heterocycles. The molecule has 0 radical (unpaired) electrons. The van der Waals surface area contributed by atoms with Gasteiger partial charge < -0.3 is 5.11 Å². The van der Waals surface area contributed by atoms with Gasteiger partial charge in [0.1, 0.15) is 0 Å². The normalized spacial score (nSPS) is 13.6. The van der Waals surface area contributed by atoms with Crippen LogP contribution in [0.4, 0.5) is 13.2 Å². The number of amides is 2. The number of aliphatic hydroxyl groups is 1. The second kappa shape index (κ2) is 7.35. The van der Waals surface area contributed by atoms with E-state index in [0.717, 1.165) is 12.1 Å². The van der Waals surface area contributed by atoms with Crippen LogP contribution >= 0.6 is 0 Å². The van der Waals surface area contributed by atoms with E-state index < -0.39 is 35.6 Å². The van der Waals surface area contributed by atoms with Crippen LogP contribution in [-0.4, -0.2) is 23.1 Å². The average molecular weight is 352 g/mol. The van der Waals surface area contributed by atoms with Gasteiger partial charge >= 0.3 is 6.18 Å². The van der Waals surface area contributed by atoms with Gasteiger partial charge in [0.05, 0.1) is 6.42 Å². The highest BCUT2D eigenvalue weighted by Gasteiger charge is 2.56. The Morgan fingerprint density at radius 3 is 1.92 bits per heavy atom. The van der Waals surface area contributed by atoms with Crippen molar-refractivity contribution >= 4 is 11.8 Å². The van der Waals surface area contributed by atoms with Crippen molar-refractivity contribution in [3.63, 3.8) is 0 Å². The second-order valence-corrected chi connectivity index (χ2v) is 5.27. The largest absolute Gasteiger partial charge is 0.421 e. The Labute approximate surface area is 141 Å². The fourth-order valence-corrected chi connectivity index (χ4v) is 2.14. The maximum Gasteiger partial charge on any atom is 0.421 e. The van der Waals surface area contributed by atoms with Gasteiger partial charge in [-0.05, 0) is 17.7 Å². The number of rotatable bonds is 4. The maximum absolute atomic E-state index is 13.3. The molecular weight excluding hydrogens is 337 g/mol. The van der Waals surface area contributed by atoms with Crippen LogP contribution in [0.1, 0.15) is 22.3 Å². The van der Waals surface area contributed by atoms with E-state index in [-0.39, 0.29) is 5.56 Å². The number of nitrogens with one attached hydrogen (secondary N) is 2. The van der Waals surface area contributed by atoms with Gasteiger partial charge in [0.15, 0.2) is 5.60 Å². The topological polar surface area (TPSA) is 78.4 Å². The summed E-state index contributed by atoms with van der Waals surface area (Å²) in [7, 11) is 0. The summed E-state index contributed by atoms with van der Waals surface area (Å²) in [6.45, 7) is 0. The van der Waals surface area contributed by atoms with E-state index >= 15 is 0 Å². The van der Waals surface area contributed by atoms with Gasteiger partial charge in [-0.25, -0.2) is 0 Å². The Morgan fingerprint density at radius 2 is 1.40 bits per heavy atom. The average Bonchev–Trinajstić information content (AvgIpc) is 2.60. The molecule has 0 aromatic heterocycles. The Bertz CT molecular complexity index is 736. The molecule has 25 heavy (non-hydrogen) atoms. The van der Waals surface area contributed by atoms with Crippen molar-refractivity contribution in [1.29, 1.82) is 0 Å². The third-order valence-electron chi connectivity index (χ3n) is 3.49. The molecule has 2 rings (SSSR count). The van der Waals surface area contributed by atoms with E-state index in [2.05, 4.69) is 0 Å². The SMILES string of the molecule is O=C(C[C@@](O)(c1ccccc1)C(F)(F)F)NNC(=O)c1ccccc1. The van der Waals surface area contributed by atoms with Gasteiger partial charge in [-0.1, -0.05) is 48.5 Å². The first-order chi connectivity index (χ1) is 11.7. The zero-order valence-electron chi connectivity index (χ0n) is 12.9. The van der Waals surface area contributed by atoms with E-state index in [1.165, 1.54) is 30.3 Å². The monoisotopic (exact) mass is 352 g/mol. The standard InChI is InChI=1S/C17H15F3N2O3/c18-17(19,20)16(25,13-9-5-2-6-10-13)11-14(23)21-22-15(24)12-7-3-1-4-8-12/h1-10,25H,11H2,(H,21,23)(H,22,24)/t16-/m1/s1. The molecule has 5 nitrogen and oxygen atoms in total. The number of hydrogen-bond acceptors (Lipinski definition) is 3. The summed E-state index contributed by atoms with van der Waals surface area (Å²) >= 11 is 0. The fourth-order valence-electron chi connectivity index (χ4n) is 2.14. The molecule has 0 aliphatic carbocycles. The smallest absolute Gasteiger partial charge is 0.376 e. The van der Waals surface area contributed by atoms with Crippen LogP contribution in [0.3, 0.4) is 0 Å². The number of alkyl halides is 3. The lowest BCUT2D eigenvalue weighted by molar-refractivity contribution is -0.267. The number of hydrogen-bond donors (Lipinski definition) is 3. The first kappa shape index (κ1) is 18.5. The summed E-state index contributed by atoms with van der Waals surface area (Å²) in [6.07, 6.45) is -6.37. The Hall–Kier alpha value is -2.87. The first-order valence-corrected chi connectivity index (χ1v) is 7.23. The highest BCUT2D eigenvalue weighted by Crippen LogP contribution is 2.41. The molecule has 1 atom stereocenters. The summed E-state index contributed by atoms with van der Waals surface area (Å²) in [5, 5.41) is 10.1. The minimum atomic E-state index is -5.07. The van der Waals surface area contributed by atoms with Gasteiger partial charge in [0, 0.05) is 5.56 Å². The molecule has 0 bridgehead atoms. The van der Waals surface area contributed by atoms with Crippen molar-refractivity contribution in [2.45, 2.75) is 18.2 Å². The zero-order chi connectivity index (χ0) is 18.5. The highest BCUT2D eigenvalue weighted by molar-refractivity contribution is 5.95. The lowest BCUT2D eigenvalue weighted by Gasteiger charge is -2.30. The molecule has 2 amide bonds. The Kier molecular flexibility index (Phi) is 5.43. The maximum atomic E-state index is 13.3. The highest BCUT2D eigenvalue weighted by atomic mass is 19.4. The molecule has 0 aliphatic rings. The fraction of sp³-hybridized carbons (Fsp3) is 0.176. The second-order valence-electron chi connectivity index (χ2n) is 5.27. The first-order valence-electron chi connectivity index (χ1n) is 7.23. The van der Waals surface area contributed by atoms with Crippen LogP contribution in [0, 0.1) is 0 Å². The molecule has 8 heteroatoms. The van der Waals surface area contributed by atoms with E-state index in [0.29, 0.717) is 0 Å². The molecule has 2 aromatic rings. The van der Waals surface area contributed by atoms with Gasteiger partial charge in [0.2, 0.25) is 5.91 Å². The molecule has 0 fully saturated rings. The molecule has 0 unspecified atom stereocenters. The summed E-state index contributed by atoms with van der Waals surface area (Å²) in [5.74, 6) is -1.88. The van der Waals surface area contributed by atoms with Crippen molar-refractivity contribution in [2.24, 2.45) is 0 Å². The number of hydrazine groups is 1. The van der Waals surface area contributed by atoms with Gasteiger partial charge in [-0.2, -0.15) is 13.2 Å². The van der Waals surface area contributed by atoms with Crippen LogP contribution in [0.15, 0.2) is 60.7 Å². The van der Waals surface area contributed by atoms with E-state index in [9.17, 15) is 27.9 Å². The van der Waals surface area contributed by atoms with Crippen LogP contribution in [0.2, 0.25) is 0 Å². The molecule has 2 aromatic carbocycles. The van der Waals surface area contributed by atoms with Gasteiger partial charge in [-0.3, -0.25) is 20.4 Å². The van der Waals surface area contributed by atoms with Crippen molar-refractivity contribution < 1.29 is 27.9 Å². The Balaban J connectivity index is 2.07. The molecule has 0 saturated carbocycles. The molecule has 0 spiro atoms. The summed E-state index contributed by atoms with van der Waals surface area (Å²) < 4.78 is 39.9. The summed E-state index contributed by atoms with van der Waals surface area (Å²) in [4.78, 5) is 23.6. The predicted molar refractivity (Wildman–Crippen MR) is 83.1 cm³/mol. The Morgan fingerprint density at radius 1 is 0.880 bits per heavy atom. The summed E-state index contributed by atoms with van der Waals surface area (Å²) in [5.41, 5.74) is 0.276. The third kappa shape index (κ3) is 4.36. The van der Waals surface area contributed by atoms with E-state index in [1.807, 2.05) is 10.9 Å². The van der Waals surface area contributed by atoms with Crippen molar-refractivity contribution in [2.75, 3.05) is 0 Å². The van der Waals surface area contributed by atoms with Crippen molar-refractivity contribution in [3.05, 3.63) is 71.8 Å². The molecular formula is C17H15F3N2O3. The van der Waals surface area contributed by atoms with Crippen molar-refractivity contribution in [3.8, 4) is 0 Å². The lowest BCUT2D eigenvalue weighted by atomic mass is 9.89. The minimum absolute atomic E-state index is 0.219. The quantitative estimate of drug-likeness (QED) is 0.739. The predicted octanol–water partition coefficient (Wildman–Crippen LogP) is 2.29. The van der Waals surface area contributed by atoms with Crippen LogP contribution in [0.25, 0.3) is 0 Å². The number of carbonyl (C=O) groups excluding carboxylic acids is 2. The molecule has 0 heterocycles. The summed E-state index contributed by atoms with van der Waals surface area (Å²) in [6, 6.07) is 14.1. The van der Waals surface area contributed by atoms with Crippen LogP contribution in [-0.2, 0) is 10.4 Å². The van der Waals surface area contributed by atoms with Crippen molar-refractivity contribution in [1.82, 2.24) is 10.9 Å². The number of halogens is 3. The lowest BCUT2D eigenvalue weighted by Crippen LogP contribution is -2.49. The minimum Gasteiger partial charge on any atom is -0.376 e. The van der Waals surface area contributed by atoms with Gasteiger partial charge in [0.25, 0.3) is 5.91 Å². The molecule has 0 saturated heterocycles. The molecule has 132 valence electrons. The van der Waals surface area contributed by atoms with E-state index in [1.54, 1.807) is 18.2 Å².